The maximum atomic E-state index is 14.1. The second kappa shape index (κ2) is 14.0. The van der Waals surface area contributed by atoms with Crippen molar-refractivity contribution in [2.45, 2.75) is 66.3 Å². The molecule has 3 saturated heterocycles. The molecule has 10 heteroatoms. The smallest absolute Gasteiger partial charge is 0.210 e. The molecule has 1 aromatic heterocycles. The van der Waals surface area contributed by atoms with Crippen LogP contribution in [0.15, 0.2) is 63.3 Å². The van der Waals surface area contributed by atoms with Gasteiger partial charge in [-0.25, -0.2) is 8.42 Å². The van der Waals surface area contributed by atoms with Crippen LogP contribution in [0, 0.1) is 0 Å². The van der Waals surface area contributed by atoms with E-state index >= 15 is 0 Å². The summed E-state index contributed by atoms with van der Waals surface area (Å²) in [6, 6.07) is 14.2. The van der Waals surface area contributed by atoms with E-state index in [0.29, 0.717) is 18.4 Å². The van der Waals surface area contributed by atoms with Crippen LogP contribution >= 0.6 is 11.8 Å². The van der Waals surface area contributed by atoms with Crippen LogP contribution in [-0.4, -0.2) is 112 Å². The van der Waals surface area contributed by atoms with Crippen LogP contribution in [0.5, 0.6) is 5.75 Å². The zero-order chi connectivity index (χ0) is 30.7. The van der Waals surface area contributed by atoms with Gasteiger partial charge in [0.2, 0.25) is 9.84 Å². The first-order valence-electron chi connectivity index (χ1n) is 16.3. The molecule has 0 N–H and O–H groups in total. The highest BCUT2D eigenvalue weighted by Gasteiger charge is 2.34. The predicted octanol–water partition coefficient (Wildman–Crippen LogP) is 5.26. The van der Waals surface area contributed by atoms with Crippen molar-refractivity contribution in [2.75, 3.05) is 76.7 Å². The van der Waals surface area contributed by atoms with E-state index in [2.05, 4.69) is 49.9 Å². The molecule has 0 aliphatic carbocycles. The number of likely N-dealkylation sites (N-methyl/N-ethyl adjacent to an activating group) is 1. The van der Waals surface area contributed by atoms with Gasteiger partial charge in [0.25, 0.3) is 0 Å². The maximum Gasteiger partial charge on any atom is 0.210 e. The summed E-state index contributed by atoms with van der Waals surface area (Å²) in [5.74, 6) is 0.665. The van der Waals surface area contributed by atoms with Crippen molar-refractivity contribution < 1.29 is 13.2 Å². The second-order valence-electron chi connectivity index (χ2n) is 12.2. The lowest BCUT2D eigenvalue weighted by atomic mass is 9.96. The van der Waals surface area contributed by atoms with Crippen LogP contribution in [-0.2, 0) is 9.84 Å². The molecule has 8 nitrogen and oxygen atoms in total. The van der Waals surface area contributed by atoms with Gasteiger partial charge >= 0.3 is 0 Å². The molecule has 0 unspecified atom stereocenters. The van der Waals surface area contributed by atoms with E-state index in [1.165, 1.54) is 39.0 Å². The molecular weight excluding hydrogens is 591 g/mol. The van der Waals surface area contributed by atoms with Crippen LogP contribution in [0.3, 0.4) is 0 Å². The third-order valence-corrected chi connectivity index (χ3v) is 12.4. The van der Waals surface area contributed by atoms with Crippen molar-refractivity contribution in [3.63, 3.8) is 0 Å². The molecule has 3 aliphatic heterocycles. The zero-order valence-corrected chi connectivity index (χ0v) is 28.1. The van der Waals surface area contributed by atoms with Gasteiger partial charge in [-0.2, -0.15) is 0 Å². The predicted molar refractivity (Wildman–Crippen MR) is 180 cm³/mol. The van der Waals surface area contributed by atoms with Gasteiger partial charge in [0.1, 0.15) is 10.6 Å². The van der Waals surface area contributed by atoms with Gasteiger partial charge < -0.3 is 19.4 Å². The van der Waals surface area contributed by atoms with Crippen molar-refractivity contribution in [1.29, 1.82) is 0 Å². The normalized spacial score (nSPS) is 20.4. The summed E-state index contributed by atoms with van der Waals surface area (Å²) in [7, 11) is -3.80. The Morgan fingerprint density at radius 1 is 0.841 bits per heavy atom. The Kier molecular flexibility index (Phi) is 10.0. The first-order valence-corrected chi connectivity index (χ1v) is 19.0. The van der Waals surface area contributed by atoms with E-state index in [9.17, 15) is 8.42 Å². The Labute approximate surface area is 267 Å². The number of piperazine rings is 1. The average Bonchev–Trinajstić information content (AvgIpc) is 3.08. The van der Waals surface area contributed by atoms with Crippen molar-refractivity contribution >= 4 is 38.2 Å². The standard InChI is InChI=1S/C34H47N5O3S2/c1-4-36-20-22-38(23-21-36)27-12-16-37(17-13-27)26-14-18-39(19-15-26)34-31-24-29(43-3)8-11-32(31)35-25-33(34)44(40,41)30-9-6-28(7-10-30)42-5-2/h6-11,24-27H,4-5,12-23H2,1-3H3. The number of ether oxygens (including phenoxy) is 1. The number of rotatable bonds is 9. The van der Waals surface area contributed by atoms with Crippen LogP contribution < -0.4 is 9.64 Å². The lowest BCUT2D eigenvalue weighted by Crippen LogP contribution is -2.55. The topological polar surface area (TPSA) is 69.2 Å². The van der Waals surface area contributed by atoms with E-state index in [0.717, 1.165) is 73.1 Å². The Morgan fingerprint density at radius 2 is 1.48 bits per heavy atom. The quantitative estimate of drug-likeness (QED) is 0.293. The number of sulfone groups is 1. The largest absolute Gasteiger partial charge is 0.494 e. The van der Waals surface area contributed by atoms with E-state index in [1.54, 1.807) is 42.2 Å². The van der Waals surface area contributed by atoms with Gasteiger partial charge in [0.05, 0.1) is 22.7 Å². The third kappa shape index (κ3) is 6.60. The maximum absolute atomic E-state index is 14.1. The molecule has 4 heterocycles. The number of hydrogen-bond donors (Lipinski definition) is 0. The summed E-state index contributed by atoms with van der Waals surface area (Å²) in [4.78, 5) is 16.6. The van der Waals surface area contributed by atoms with Crippen molar-refractivity contribution in [3.05, 3.63) is 48.7 Å². The molecule has 3 fully saturated rings. The van der Waals surface area contributed by atoms with Gasteiger partial charge in [-0.15, -0.1) is 11.8 Å². The Morgan fingerprint density at radius 3 is 2.09 bits per heavy atom. The molecular formula is C34H47N5O3S2. The number of pyridine rings is 1. The summed E-state index contributed by atoms with van der Waals surface area (Å²) in [5.41, 5.74) is 1.62. The summed E-state index contributed by atoms with van der Waals surface area (Å²) in [6.45, 7) is 14.7. The van der Waals surface area contributed by atoms with Gasteiger partial charge in [-0.05, 0) is 101 Å². The van der Waals surface area contributed by atoms with E-state index < -0.39 is 9.84 Å². The molecule has 0 spiro atoms. The summed E-state index contributed by atoms with van der Waals surface area (Å²) in [6.07, 6.45) is 8.20. The number of piperidine rings is 2. The molecule has 238 valence electrons. The Bertz CT molecular complexity index is 1510. The number of aromatic nitrogens is 1. The van der Waals surface area contributed by atoms with E-state index in [4.69, 9.17) is 4.74 Å². The molecule has 3 aromatic rings. The number of thioether (sulfide) groups is 1. The highest BCUT2D eigenvalue weighted by Crippen LogP contribution is 2.39. The number of nitrogens with zero attached hydrogens (tertiary/aromatic N) is 5. The monoisotopic (exact) mass is 637 g/mol. The minimum Gasteiger partial charge on any atom is -0.494 e. The Balaban J connectivity index is 1.20. The van der Waals surface area contributed by atoms with Crippen molar-refractivity contribution in [1.82, 2.24) is 19.7 Å². The van der Waals surface area contributed by atoms with Gasteiger partial charge in [-0.1, -0.05) is 6.92 Å². The molecule has 2 aromatic carbocycles. The highest BCUT2D eigenvalue weighted by molar-refractivity contribution is 7.98. The SMILES string of the molecule is CCOc1ccc(S(=O)(=O)c2cnc3ccc(SC)cc3c2N2CCC(N3CCC(N4CCN(CC)CC4)CC3)CC2)cc1. The number of benzene rings is 2. The third-order valence-electron chi connectivity index (χ3n) is 9.91. The van der Waals surface area contributed by atoms with Gasteiger partial charge in [-0.3, -0.25) is 9.88 Å². The molecule has 0 atom stereocenters. The fourth-order valence-electron chi connectivity index (χ4n) is 7.31. The molecule has 0 radical (unpaired) electrons. The molecule has 0 saturated carbocycles. The van der Waals surface area contributed by atoms with Crippen molar-refractivity contribution in [2.24, 2.45) is 0 Å². The summed E-state index contributed by atoms with van der Waals surface area (Å²) in [5, 5.41) is 0.909. The van der Waals surface area contributed by atoms with E-state index in [-0.39, 0.29) is 9.79 Å². The second-order valence-corrected chi connectivity index (χ2v) is 15.0. The minimum absolute atomic E-state index is 0.262. The molecule has 0 amide bonds. The molecule has 6 rings (SSSR count). The van der Waals surface area contributed by atoms with E-state index in [1.807, 2.05) is 13.0 Å². The lowest BCUT2D eigenvalue weighted by molar-refractivity contribution is 0.0449. The number of likely N-dealkylation sites (tertiary alicyclic amines) is 1. The Hall–Kier alpha value is -2.37. The lowest BCUT2D eigenvalue weighted by Gasteiger charge is -2.46. The van der Waals surface area contributed by atoms with Crippen LogP contribution in [0.25, 0.3) is 10.9 Å². The van der Waals surface area contributed by atoms with Gasteiger partial charge in [0.15, 0.2) is 0 Å². The number of fused-ring (bicyclic) bond motifs is 1. The zero-order valence-electron chi connectivity index (χ0n) is 26.5. The number of hydrogen-bond acceptors (Lipinski definition) is 9. The average molecular weight is 638 g/mol. The van der Waals surface area contributed by atoms with Gasteiger partial charge in [0, 0.05) is 67.8 Å². The molecule has 44 heavy (non-hydrogen) atoms. The molecule has 0 bridgehead atoms. The van der Waals surface area contributed by atoms with Crippen molar-refractivity contribution in [3.8, 4) is 5.75 Å². The fourth-order valence-corrected chi connectivity index (χ4v) is 9.19. The summed E-state index contributed by atoms with van der Waals surface area (Å²) >= 11 is 1.66. The first-order chi connectivity index (χ1) is 21.4. The highest BCUT2D eigenvalue weighted by atomic mass is 32.2. The first kappa shape index (κ1) is 31.6. The van der Waals surface area contributed by atoms with Crippen LogP contribution in [0.1, 0.15) is 39.5 Å². The van der Waals surface area contributed by atoms with Crippen LogP contribution in [0.2, 0.25) is 0 Å². The molecule has 3 aliphatic rings. The van der Waals surface area contributed by atoms with Crippen LogP contribution in [0.4, 0.5) is 5.69 Å². The summed E-state index contributed by atoms with van der Waals surface area (Å²) < 4.78 is 33.9. The minimum atomic E-state index is -3.80. The number of anilines is 1. The fraction of sp³-hybridized carbons (Fsp3) is 0.559.